The van der Waals surface area contributed by atoms with E-state index in [4.69, 9.17) is 11.6 Å². The highest BCUT2D eigenvalue weighted by atomic mass is 35.5. The van der Waals surface area contributed by atoms with E-state index >= 15 is 0 Å². The van der Waals surface area contributed by atoms with E-state index in [1.807, 2.05) is 41.1 Å². The molecule has 3 aromatic rings. The summed E-state index contributed by atoms with van der Waals surface area (Å²) in [5.41, 5.74) is 2.92. The van der Waals surface area contributed by atoms with Crippen molar-refractivity contribution in [2.45, 2.75) is 6.54 Å². The monoisotopic (exact) mass is 311 g/mol. The van der Waals surface area contributed by atoms with Gasteiger partial charge in [-0.05, 0) is 18.2 Å². The van der Waals surface area contributed by atoms with Crippen LogP contribution >= 0.6 is 11.6 Å². The quantitative estimate of drug-likeness (QED) is 0.809. The van der Waals surface area contributed by atoms with Crippen molar-refractivity contribution >= 4 is 28.3 Å². The number of benzene rings is 1. The third kappa shape index (κ3) is 2.23. The van der Waals surface area contributed by atoms with Crippen LogP contribution in [0.1, 0.15) is 0 Å². The number of nitrogens with zero attached hydrogens (tertiary/aromatic N) is 4. The van der Waals surface area contributed by atoms with E-state index in [-0.39, 0.29) is 0 Å². The molecule has 110 valence electrons. The standard InChI is InChI=1S/C16H14ClN5/c17-16-12-5-3-4-11(13-6-1-2-7-18-13)15(12)22(21-16)10-14-19-8-9-20-14/h1-7H,8-10H2,(H,19,20). The number of aromatic nitrogens is 3. The molecule has 0 atom stereocenters. The Morgan fingerprint density at radius 1 is 1.18 bits per heavy atom. The SMILES string of the molecule is Clc1nn(CC2=NCCN2)c2c(-c3ccccn3)cccc12. The first kappa shape index (κ1) is 13.3. The van der Waals surface area contributed by atoms with Crippen molar-refractivity contribution in [2.75, 3.05) is 13.1 Å². The Kier molecular flexibility index (Phi) is 3.27. The highest BCUT2D eigenvalue weighted by Crippen LogP contribution is 2.31. The zero-order chi connectivity index (χ0) is 14.9. The van der Waals surface area contributed by atoms with E-state index in [2.05, 4.69) is 20.4 Å². The van der Waals surface area contributed by atoms with Crippen molar-refractivity contribution in [3.05, 3.63) is 47.7 Å². The molecule has 0 saturated heterocycles. The number of hydrogen-bond acceptors (Lipinski definition) is 4. The van der Waals surface area contributed by atoms with Gasteiger partial charge in [0.25, 0.3) is 0 Å². The minimum Gasteiger partial charge on any atom is -0.370 e. The van der Waals surface area contributed by atoms with Crippen LogP contribution in [-0.4, -0.2) is 33.7 Å². The minimum atomic E-state index is 0.506. The van der Waals surface area contributed by atoms with Crippen LogP contribution in [0.25, 0.3) is 22.2 Å². The number of para-hydroxylation sites is 1. The molecule has 0 fully saturated rings. The molecule has 0 bridgehead atoms. The number of amidine groups is 1. The van der Waals surface area contributed by atoms with E-state index in [1.54, 1.807) is 6.20 Å². The lowest BCUT2D eigenvalue weighted by atomic mass is 10.1. The van der Waals surface area contributed by atoms with Crippen LogP contribution in [0.3, 0.4) is 0 Å². The summed E-state index contributed by atoms with van der Waals surface area (Å²) in [6.45, 7) is 2.29. The molecule has 0 amide bonds. The Morgan fingerprint density at radius 3 is 2.91 bits per heavy atom. The topological polar surface area (TPSA) is 55.1 Å². The van der Waals surface area contributed by atoms with Gasteiger partial charge in [-0.3, -0.25) is 14.7 Å². The molecular formula is C16H14ClN5. The fourth-order valence-electron chi connectivity index (χ4n) is 2.74. The molecule has 3 heterocycles. The number of halogens is 1. The van der Waals surface area contributed by atoms with Crippen molar-refractivity contribution < 1.29 is 0 Å². The Labute approximate surface area is 132 Å². The molecule has 6 heteroatoms. The molecule has 0 unspecified atom stereocenters. The molecule has 1 N–H and O–H groups in total. The number of nitrogens with one attached hydrogen (secondary N) is 1. The van der Waals surface area contributed by atoms with Crippen LogP contribution in [0, 0.1) is 0 Å². The summed E-state index contributed by atoms with van der Waals surface area (Å²) < 4.78 is 1.90. The van der Waals surface area contributed by atoms with Crippen LogP contribution in [0.2, 0.25) is 5.15 Å². The second-order valence-electron chi connectivity index (χ2n) is 5.12. The fourth-order valence-corrected chi connectivity index (χ4v) is 2.98. The third-order valence-electron chi connectivity index (χ3n) is 3.71. The van der Waals surface area contributed by atoms with Gasteiger partial charge in [-0.1, -0.05) is 29.8 Å². The Hall–Kier alpha value is -2.40. The minimum absolute atomic E-state index is 0.506. The summed E-state index contributed by atoms with van der Waals surface area (Å²) in [5.74, 6) is 0.942. The van der Waals surface area contributed by atoms with Gasteiger partial charge >= 0.3 is 0 Å². The van der Waals surface area contributed by atoms with Crippen molar-refractivity contribution in [2.24, 2.45) is 4.99 Å². The number of rotatable bonds is 3. The zero-order valence-electron chi connectivity index (χ0n) is 11.8. The summed E-state index contributed by atoms with van der Waals surface area (Å²) in [6.07, 6.45) is 1.79. The van der Waals surface area contributed by atoms with Crippen molar-refractivity contribution in [3.63, 3.8) is 0 Å². The lowest BCUT2D eigenvalue weighted by molar-refractivity contribution is 0.739. The maximum atomic E-state index is 6.31. The molecule has 1 aromatic carbocycles. The number of fused-ring (bicyclic) bond motifs is 1. The predicted octanol–water partition coefficient (Wildman–Crippen LogP) is 2.75. The molecule has 0 saturated carbocycles. The average molecular weight is 312 g/mol. The van der Waals surface area contributed by atoms with Gasteiger partial charge in [0, 0.05) is 23.7 Å². The van der Waals surface area contributed by atoms with Crippen molar-refractivity contribution in [1.82, 2.24) is 20.1 Å². The molecular weight excluding hydrogens is 298 g/mol. The van der Waals surface area contributed by atoms with Gasteiger partial charge in [0.2, 0.25) is 0 Å². The smallest absolute Gasteiger partial charge is 0.158 e. The molecule has 0 radical (unpaired) electrons. The fraction of sp³-hybridized carbons (Fsp3) is 0.188. The normalized spacial score (nSPS) is 14.1. The van der Waals surface area contributed by atoms with Gasteiger partial charge < -0.3 is 5.32 Å². The predicted molar refractivity (Wildman–Crippen MR) is 88.3 cm³/mol. The number of aliphatic imine (C=N–C) groups is 1. The van der Waals surface area contributed by atoms with Crippen LogP contribution < -0.4 is 5.32 Å². The summed E-state index contributed by atoms with van der Waals surface area (Å²) in [5, 5.41) is 9.18. The van der Waals surface area contributed by atoms with E-state index < -0.39 is 0 Å². The maximum Gasteiger partial charge on any atom is 0.158 e. The van der Waals surface area contributed by atoms with E-state index in [0.717, 1.165) is 41.1 Å². The first-order chi connectivity index (χ1) is 10.8. The summed E-state index contributed by atoms with van der Waals surface area (Å²) in [7, 11) is 0. The van der Waals surface area contributed by atoms with Crippen LogP contribution in [0.5, 0.6) is 0 Å². The van der Waals surface area contributed by atoms with Gasteiger partial charge in [0.05, 0.1) is 24.3 Å². The highest BCUT2D eigenvalue weighted by Gasteiger charge is 2.16. The average Bonchev–Trinajstić information content (AvgIpc) is 3.17. The lowest BCUT2D eigenvalue weighted by Gasteiger charge is -2.08. The molecule has 5 nitrogen and oxygen atoms in total. The largest absolute Gasteiger partial charge is 0.370 e. The molecule has 4 rings (SSSR count). The van der Waals surface area contributed by atoms with Gasteiger partial charge in [-0.25, -0.2) is 0 Å². The highest BCUT2D eigenvalue weighted by molar-refractivity contribution is 6.34. The van der Waals surface area contributed by atoms with E-state index in [1.165, 1.54) is 0 Å². The summed E-state index contributed by atoms with van der Waals surface area (Å²) in [6, 6.07) is 11.9. The molecule has 1 aliphatic rings. The Morgan fingerprint density at radius 2 is 2.14 bits per heavy atom. The lowest BCUT2D eigenvalue weighted by Crippen LogP contribution is -2.24. The van der Waals surface area contributed by atoms with E-state index in [0.29, 0.717) is 11.7 Å². The van der Waals surface area contributed by atoms with Crippen LogP contribution in [-0.2, 0) is 6.54 Å². The number of pyridine rings is 1. The second-order valence-corrected chi connectivity index (χ2v) is 5.48. The maximum absolute atomic E-state index is 6.31. The number of hydrogen-bond donors (Lipinski definition) is 1. The molecule has 0 spiro atoms. The molecule has 1 aliphatic heterocycles. The van der Waals surface area contributed by atoms with Gasteiger partial charge in [0.15, 0.2) is 5.15 Å². The Balaban J connectivity index is 1.90. The van der Waals surface area contributed by atoms with Gasteiger partial charge in [0.1, 0.15) is 5.84 Å². The van der Waals surface area contributed by atoms with E-state index in [9.17, 15) is 0 Å². The van der Waals surface area contributed by atoms with Crippen molar-refractivity contribution in [3.8, 4) is 11.3 Å². The first-order valence-corrected chi connectivity index (χ1v) is 7.54. The molecule has 2 aromatic heterocycles. The van der Waals surface area contributed by atoms with Crippen LogP contribution in [0.4, 0.5) is 0 Å². The molecule has 0 aliphatic carbocycles. The zero-order valence-corrected chi connectivity index (χ0v) is 12.6. The summed E-state index contributed by atoms with van der Waals surface area (Å²) >= 11 is 6.31. The van der Waals surface area contributed by atoms with Crippen LogP contribution in [0.15, 0.2) is 47.6 Å². The van der Waals surface area contributed by atoms with Gasteiger partial charge in [-0.2, -0.15) is 5.10 Å². The third-order valence-corrected chi connectivity index (χ3v) is 3.99. The van der Waals surface area contributed by atoms with Gasteiger partial charge in [-0.15, -0.1) is 0 Å². The second kappa shape index (κ2) is 5.42. The molecule has 22 heavy (non-hydrogen) atoms. The van der Waals surface area contributed by atoms with Crippen molar-refractivity contribution in [1.29, 1.82) is 0 Å². The summed E-state index contributed by atoms with van der Waals surface area (Å²) in [4.78, 5) is 8.89. The Bertz CT molecular complexity index is 854. The first-order valence-electron chi connectivity index (χ1n) is 7.16.